The minimum atomic E-state index is -1.31. The van der Waals surface area contributed by atoms with Crippen LogP contribution in [0.2, 0.25) is 0 Å². The van der Waals surface area contributed by atoms with Crippen LogP contribution >= 0.6 is 0 Å². The van der Waals surface area contributed by atoms with Gasteiger partial charge in [0.2, 0.25) is 5.91 Å². The summed E-state index contributed by atoms with van der Waals surface area (Å²) in [4.78, 5) is 64.4. The van der Waals surface area contributed by atoms with Crippen LogP contribution in [0.4, 0.5) is 11.4 Å². The van der Waals surface area contributed by atoms with E-state index in [1.807, 2.05) is 0 Å². The van der Waals surface area contributed by atoms with Crippen LogP contribution in [-0.2, 0) is 4.79 Å². The number of nitrogens with one attached hydrogen (secondary N) is 1. The number of hydrogen-bond acceptors (Lipinski definition) is 10. The van der Waals surface area contributed by atoms with Crippen LogP contribution in [0.5, 0.6) is 11.5 Å². The third-order valence-electron chi connectivity index (χ3n) is 5.85. The second kappa shape index (κ2) is 10.0. The Kier molecular flexibility index (Phi) is 6.87. The van der Waals surface area contributed by atoms with Gasteiger partial charge in [-0.25, -0.2) is 9.59 Å². The van der Waals surface area contributed by atoms with E-state index in [4.69, 9.17) is 24.0 Å². The third-order valence-corrected chi connectivity index (χ3v) is 5.85. The molecule has 1 saturated heterocycles. The number of nitrogens with zero attached hydrogens (tertiary/aromatic N) is 2. The van der Waals surface area contributed by atoms with Gasteiger partial charge in [-0.05, 0) is 18.2 Å². The number of rotatable bonds is 6. The minimum Gasteiger partial charge on any atom is -0.493 e. The first kappa shape index (κ1) is 25.3. The Bertz CT molecular complexity index is 1520. The van der Waals surface area contributed by atoms with Crippen LogP contribution in [0.1, 0.15) is 27.6 Å². The number of anilines is 2. The largest absolute Gasteiger partial charge is 0.493 e. The van der Waals surface area contributed by atoms with Gasteiger partial charge < -0.3 is 39.2 Å². The van der Waals surface area contributed by atoms with E-state index in [9.17, 15) is 24.0 Å². The first-order valence-corrected chi connectivity index (χ1v) is 11.1. The Hall–Kier alpha value is -4.81. The van der Waals surface area contributed by atoms with Gasteiger partial charge in [-0.3, -0.25) is 14.4 Å². The van der Waals surface area contributed by atoms with Gasteiger partial charge >= 0.3 is 11.3 Å². The molecule has 0 bridgehead atoms. The molecule has 0 atom stereocenters. The zero-order chi connectivity index (χ0) is 26.9. The van der Waals surface area contributed by atoms with Crippen LogP contribution < -0.4 is 36.7 Å². The molecule has 4 rings (SSSR count). The lowest BCUT2D eigenvalue weighted by Crippen LogP contribution is -2.49. The van der Waals surface area contributed by atoms with Crippen molar-refractivity contribution < 1.29 is 32.7 Å². The first-order chi connectivity index (χ1) is 17.6. The van der Waals surface area contributed by atoms with Crippen LogP contribution in [0, 0.1) is 0 Å². The normalized spacial score (nSPS) is 13.4. The predicted molar refractivity (Wildman–Crippen MR) is 132 cm³/mol. The van der Waals surface area contributed by atoms with Crippen molar-refractivity contribution in [3.63, 3.8) is 0 Å². The van der Waals surface area contributed by atoms with Gasteiger partial charge in [0.05, 0.1) is 25.6 Å². The van der Waals surface area contributed by atoms with Crippen molar-refractivity contribution in [1.82, 2.24) is 4.90 Å². The molecule has 0 spiro atoms. The van der Waals surface area contributed by atoms with Gasteiger partial charge in [-0.2, -0.15) is 0 Å². The molecule has 1 aliphatic heterocycles. The zero-order valence-electron chi connectivity index (χ0n) is 20.3. The molecular weight excluding hydrogens is 488 g/mol. The van der Waals surface area contributed by atoms with Crippen molar-refractivity contribution in [2.45, 2.75) is 6.92 Å². The molecular formula is C24H24N4O9. The molecule has 1 fully saturated rings. The number of hydrogen-bond donors (Lipinski definition) is 2. The van der Waals surface area contributed by atoms with E-state index in [-0.39, 0.29) is 60.2 Å². The fourth-order valence-electron chi connectivity index (χ4n) is 4.21. The van der Waals surface area contributed by atoms with E-state index >= 15 is 0 Å². The zero-order valence-corrected chi connectivity index (χ0v) is 20.3. The molecule has 0 unspecified atom stereocenters. The highest BCUT2D eigenvalue weighted by Gasteiger charge is 2.30. The molecule has 194 valence electrons. The molecule has 1 aromatic heterocycles. The number of benzene rings is 2. The molecule has 37 heavy (non-hydrogen) atoms. The van der Waals surface area contributed by atoms with Crippen molar-refractivity contribution in [2.75, 3.05) is 50.6 Å². The lowest BCUT2D eigenvalue weighted by atomic mass is 10.1. The van der Waals surface area contributed by atoms with E-state index in [0.29, 0.717) is 17.1 Å². The number of piperazine rings is 1. The number of primary amides is 1. The van der Waals surface area contributed by atoms with Gasteiger partial charge in [0.15, 0.2) is 22.7 Å². The fraction of sp³-hybridized carbons (Fsp3) is 0.292. The second-order valence-corrected chi connectivity index (χ2v) is 8.15. The molecule has 0 saturated carbocycles. The number of carbonyl (C=O) groups excluding carboxylic acids is 3. The predicted octanol–water partition coefficient (Wildman–Crippen LogP) is 0.783. The van der Waals surface area contributed by atoms with Gasteiger partial charge in [-0.15, -0.1) is 0 Å². The summed E-state index contributed by atoms with van der Waals surface area (Å²) in [6, 6.07) is 6.15. The van der Waals surface area contributed by atoms with Gasteiger partial charge in [0.1, 0.15) is 5.56 Å². The SMILES string of the molecule is COc1ccc(C(=O)N2CCN(c3c(NC(C)=O)cc4oc(=O)c(=O)oc4c3C(N)=O)CC2)cc1OC. The highest BCUT2D eigenvalue weighted by Crippen LogP contribution is 2.37. The van der Waals surface area contributed by atoms with Crippen LogP contribution in [0.25, 0.3) is 11.2 Å². The van der Waals surface area contributed by atoms with Gasteiger partial charge in [0, 0.05) is 44.7 Å². The van der Waals surface area contributed by atoms with Crippen LogP contribution in [-0.4, -0.2) is 63.0 Å². The molecule has 0 aliphatic carbocycles. The van der Waals surface area contributed by atoms with Crippen LogP contribution in [0.15, 0.2) is 42.7 Å². The first-order valence-electron chi connectivity index (χ1n) is 11.1. The number of methoxy groups -OCH3 is 2. The van der Waals surface area contributed by atoms with Crippen LogP contribution in [0.3, 0.4) is 0 Å². The number of amides is 3. The van der Waals surface area contributed by atoms with Crippen molar-refractivity contribution in [2.24, 2.45) is 5.73 Å². The molecule has 3 amide bonds. The Morgan fingerprint density at radius 2 is 1.59 bits per heavy atom. The van der Waals surface area contributed by atoms with Gasteiger partial charge in [-0.1, -0.05) is 0 Å². The number of fused-ring (bicyclic) bond motifs is 1. The molecule has 13 heteroatoms. The summed E-state index contributed by atoms with van der Waals surface area (Å²) in [7, 11) is 2.98. The monoisotopic (exact) mass is 512 g/mol. The second-order valence-electron chi connectivity index (χ2n) is 8.15. The summed E-state index contributed by atoms with van der Waals surface area (Å²) < 4.78 is 20.5. The number of carbonyl (C=O) groups is 3. The lowest BCUT2D eigenvalue weighted by Gasteiger charge is -2.37. The smallest absolute Gasteiger partial charge is 0.423 e. The summed E-state index contributed by atoms with van der Waals surface area (Å²) in [5.41, 5.74) is 3.00. The van der Waals surface area contributed by atoms with E-state index in [0.717, 1.165) is 0 Å². The molecule has 13 nitrogen and oxygen atoms in total. The average Bonchev–Trinajstić information content (AvgIpc) is 2.87. The van der Waals surface area contributed by atoms with Crippen molar-refractivity contribution >= 4 is 40.3 Å². The summed E-state index contributed by atoms with van der Waals surface area (Å²) in [6.45, 7) is 2.28. The maximum Gasteiger partial charge on any atom is 0.423 e. The highest BCUT2D eigenvalue weighted by molar-refractivity contribution is 6.13. The van der Waals surface area contributed by atoms with E-state index in [1.165, 1.54) is 27.2 Å². The van der Waals surface area contributed by atoms with Gasteiger partial charge in [0.25, 0.3) is 11.8 Å². The minimum absolute atomic E-state index is 0.130. The topological polar surface area (TPSA) is 175 Å². The van der Waals surface area contributed by atoms with E-state index in [2.05, 4.69) is 5.32 Å². The number of ether oxygens (including phenoxy) is 2. The Labute approximate surface area is 209 Å². The Morgan fingerprint density at radius 3 is 2.19 bits per heavy atom. The summed E-state index contributed by atoms with van der Waals surface area (Å²) >= 11 is 0. The molecule has 2 aromatic carbocycles. The van der Waals surface area contributed by atoms with Crippen molar-refractivity contribution in [3.05, 3.63) is 56.2 Å². The quantitative estimate of drug-likeness (QED) is 0.449. The van der Waals surface area contributed by atoms with E-state index in [1.54, 1.807) is 28.0 Å². The Balaban J connectivity index is 1.69. The lowest BCUT2D eigenvalue weighted by molar-refractivity contribution is -0.114. The average molecular weight is 512 g/mol. The molecule has 2 heterocycles. The van der Waals surface area contributed by atoms with Crippen molar-refractivity contribution in [3.8, 4) is 11.5 Å². The fourth-order valence-corrected chi connectivity index (χ4v) is 4.21. The summed E-state index contributed by atoms with van der Waals surface area (Å²) in [5.74, 6) is -0.746. The molecule has 0 radical (unpaired) electrons. The molecule has 3 N–H and O–H groups in total. The maximum atomic E-state index is 13.1. The summed E-state index contributed by atoms with van der Waals surface area (Å²) in [5, 5.41) is 2.60. The van der Waals surface area contributed by atoms with E-state index < -0.39 is 23.1 Å². The molecule has 3 aromatic rings. The maximum absolute atomic E-state index is 13.1. The van der Waals surface area contributed by atoms with Crippen molar-refractivity contribution in [1.29, 1.82) is 0 Å². The number of nitrogens with two attached hydrogens (primary N) is 1. The highest BCUT2D eigenvalue weighted by atomic mass is 16.5. The summed E-state index contributed by atoms with van der Waals surface area (Å²) in [6.07, 6.45) is 0. The Morgan fingerprint density at radius 1 is 0.946 bits per heavy atom. The standard InChI is InChI=1S/C24H24N4O9/c1-12(29)26-14-11-17-20(37-24(33)23(32)36-17)18(21(25)30)19(14)27-6-8-28(9-7-27)22(31)13-4-5-15(34-2)16(10-13)35-3/h4-5,10-11H,6-9H2,1-3H3,(H2,25,30)(H,26,29). The molecule has 1 aliphatic rings. The third kappa shape index (κ3) is 4.83.